The molecule has 5 rings (SSSR count). The number of aliphatic hydroxyl groups is 2. The summed E-state index contributed by atoms with van der Waals surface area (Å²) in [5, 5.41) is 25.5. The van der Waals surface area contributed by atoms with E-state index in [0.29, 0.717) is 25.0 Å². The molecule has 0 spiro atoms. The van der Waals surface area contributed by atoms with Crippen molar-refractivity contribution in [1.29, 1.82) is 0 Å². The van der Waals surface area contributed by atoms with Crippen LogP contribution < -0.4 is 9.64 Å². The number of fused-ring (bicyclic) bond motifs is 1. The van der Waals surface area contributed by atoms with E-state index in [4.69, 9.17) is 9.72 Å². The molecule has 4 aromatic rings. The Kier molecular flexibility index (Phi) is 6.17. The van der Waals surface area contributed by atoms with E-state index in [9.17, 15) is 10.2 Å². The molecule has 1 aliphatic rings. The Morgan fingerprint density at radius 2 is 1.91 bits per heavy atom. The maximum atomic E-state index is 11.1. The first-order chi connectivity index (χ1) is 16.8. The Morgan fingerprint density at radius 3 is 2.60 bits per heavy atom. The third-order valence-electron chi connectivity index (χ3n) is 6.41. The van der Waals surface area contributed by atoms with Crippen LogP contribution in [0.2, 0.25) is 0 Å². The molecule has 35 heavy (non-hydrogen) atoms. The number of pyridine rings is 3. The molecule has 0 unspecified atom stereocenters. The molecule has 0 amide bonds. The molecule has 8 heteroatoms. The summed E-state index contributed by atoms with van der Waals surface area (Å²) < 4.78 is 7.60. The second-order valence-corrected chi connectivity index (χ2v) is 10.0. The number of rotatable bonds is 7. The van der Waals surface area contributed by atoms with Gasteiger partial charge >= 0.3 is 0 Å². The summed E-state index contributed by atoms with van der Waals surface area (Å²) in [5.41, 5.74) is 2.29. The van der Waals surface area contributed by atoms with Crippen molar-refractivity contribution in [3.63, 3.8) is 0 Å². The van der Waals surface area contributed by atoms with Crippen LogP contribution in [0, 0.1) is 0 Å². The number of ether oxygens (including phenoxy) is 1. The zero-order chi connectivity index (χ0) is 24.5. The molecule has 4 aromatic heterocycles. The fraction of sp³-hybridized carbons (Fsp3) is 0.370. The lowest BCUT2D eigenvalue weighted by atomic mass is 9.86. The van der Waals surface area contributed by atoms with E-state index in [1.165, 1.54) is 0 Å². The Balaban J connectivity index is 1.30. The summed E-state index contributed by atoms with van der Waals surface area (Å²) in [6, 6.07) is 11.9. The molecule has 1 aliphatic heterocycles. The second-order valence-electron chi connectivity index (χ2n) is 10.0. The van der Waals surface area contributed by atoms with E-state index in [2.05, 4.69) is 21.0 Å². The quantitative estimate of drug-likeness (QED) is 0.424. The molecule has 5 heterocycles. The molecule has 0 radical (unpaired) electrons. The molecule has 0 atom stereocenters. The zero-order valence-corrected chi connectivity index (χ0v) is 20.1. The van der Waals surface area contributed by atoms with E-state index < -0.39 is 11.2 Å². The predicted molar refractivity (Wildman–Crippen MR) is 135 cm³/mol. The third kappa shape index (κ3) is 5.44. The van der Waals surface area contributed by atoms with Gasteiger partial charge in [0.2, 0.25) is 0 Å². The summed E-state index contributed by atoms with van der Waals surface area (Å²) in [5.74, 6) is 1.53. The molecule has 1 saturated heterocycles. The van der Waals surface area contributed by atoms with Crippen molar-refractivity contribution in [1.82, 2.24) is 19.6 Å². The van der Waals surface area contributed by atoms with Crippen LogP contribution in [0.25, 0.3) is 16.6 Å². The Labute approximate surface area is 204 Å². The van der Waals surface area contributed by atoms with Gasteiger partial charge in [-0.15, -0.1) is 0 Å². The van der Waals surface area contributed by atoms with Crippen molar-refractivity contribution < 1.29 is 14.9 Å². The van der Waals surface area contributed by atoms with Crippen molar-refractivity contribution in [2.24, 2.45) is 0 Å². The molecular weight excluding hydrogens is 442 g/mol. The minimum atomic E-state index is -0.930. The number of aromatic nitrogens is 4. The maximum Gasteiger partial charge on any atom is 0.138 e. The highest BCUT2D eigenvalue weighted by Gasteiger charge is 2.33. The highest BCUT2D eigenvalue weighted by Crippen LogP contribution is 2.32. The average Bonchev–Trinajstić information content (AvgIpc) is 3.32. The summed E-state index contributed by atoms with van der Waals surface area (Å²) in [4.78, 5) is 11.1. The first-order valence-electron chi connectivity index (χ1n) is 11.9. The van der Waals surface area contributed by atoms with Gasteiger partial charge in [0.25, 0.3) is 0 Å². The first-order valence-corrected chi connectivity index (χ1v) is 11.9. The van der Waals surface area contributed by atoms with Gasteiger partial charge in [0.05, 0.1) is 29.1 Å². The van der Waals surface area contributed by atoms with E-state index in [-0.39, 0.29) is 6.61 Å². The van der Waals surface area contributed by atoms with E-state index >= 15 is 0 Å². The first kappa shape index (κ1) is 23.3. The van der Waals surface area contributed by atoms with E-state index in [1.807, 2.05) is 48.9 Å². The minimum absolute atomic E-state index is 0.179. The molecule has 2 N–H and O–H groups in total. The van der Waals surface area contributed by atoms with Crippen LogP contribution in [0.15, 0.2) is 67.4 Å². The summed E-state index contributed by atoms with van der Waals surface area (Å²) >= 11 is 0. The Bertz CT molecular complexity index is 1270. The topological polar surface area (TPSA) is 96.0 Å². The SMILES string of the molecule is CC(C)(O)COc1cc(-c2ccc(N3CCC(O)(Cc4cccnc4)CC3)nc2)c2ccnn2c1. The monoisotopic (exact) mass is 473 g/mol. The number of nitrogens with zero attached hydrogens (tertiary/aromatic N) is 5. The number of piperidine rings is 1. The van der Waals surface area contributed by atoms with Crippen molar-refractivity contribution >= 4 is 11.3 Å². The number of anilines is 1. The predicted octanol–water partition coefficient (Wildman–Crippen LogP) is 3.52. The third-order valence-corrected chi connectivity index (χ3v) is 6.41. The lowest BCUT2D eigenvalue weighted by molar-refractivity contribution is 0.0163. The van der Waals surface area contributed by atoms with Crippen LogP contribution in [-0.4, -0.2) is 60.7 Å². The van der Waals surface area contributed by atoms with Crippen molar-refractivity contribution in [2.45, 2.75) is 44.3 Å². The Morgan fingerprint density at radius 1 is 1.09 bits per heavy atom. The summed E-state index contributed by atoms with van der Waals surface area (Å²) in [7, 11) is 0. The van der Waals surface area contributed by atoms with Crippen molar-refractivity contribution in [2.75, 3.05) is 24.6 Å². The van der Waals surface area contributed by atoms with Gasteiger partial charge in [-0.1, -0.05) is 6.07 Å². The zero-order valence-electron chi connectivity index (χ0n) is 20.1. The van der Waals surface area contributed by atoms with Crippen LogP contribution in [-0.2, 0) is 6.42 Å². The fourth-order valence-electron chi connectivity index (χ4n) is 4.52. The van der Waals surface area contributed by atoms with Crippen molar-refractivity contribution in [3.8, 4) is 16.9 Å². The minimum Gasteiger partial charge on any atom is -0.489 e. The molecule has 8 nitrogen and oxygen atoms in total. The molecule has 1 fully saturated rings. The maximum absolute atomic E-state index is 11.1. The standard InChI is InChI=1S/C27H31N5O3/c1-26(2,33)19-35-22-14-23(24-7-11-30-32(24)18-22)21-5-6-25(29-17-21)31-12-8-27(34,9-13-31)15-20-4-3-10-28-16-20/h3-7,10-11,14,16-18,33-34H,8-9,12-13,15,19H2,1-2H3. The fourth-order valence-corrected chi connectivity index (χ4v) is 4.52. The molecule has 0 bridgehead atoms. The van der Waals surface area contributed by atoms with E-state index in [0.717, 1.165) is 41.1 Å². The van der Waals surface area contributed by atoms with Gasteiger partial charge in [0.1, 0.15) is 18.2 Å². The molecular formula is C27H31N5O3. The molecule has 0 aliphatic carbocycles. The molecule has 0 aromatic carbocycles. The van der Waals surface area contributed by atoms with Crippen LogP contribution in [0.1, 0.15) is 32.3 Å². The van der Waals surface area contributed by atoms with Crippen LogP contribution in [0.4, 0.5) is 5.82 Å². The van der Waals surface area contributed by atoms with Crippen molar-refractivity contribution in [3.05, 3.63) is 72.9 Å². The Hall–Kier alpha value is -3.49. The lowest BCUT2D eigenvalue weighted by Gasteiger charge is -2.39. The normalized spacial score (nSPS) is 15.9. The van der Waals surface area contributed by atoms with Gasteiger partial charge < -0.3 is 19.8 Å². The average molecular weight is 474 g/mol. The molecule has 0 saturated carbocycles. The van der Waals surface area contributed by atoms with E-state index in [1.54, 1.807) is 30.8 Å². The highest BCUT2D eigenvalue weighted by molar-refractivity contribution is 5.81. The second kappa shape index (κ2) is 9.28. The smallest absolute Gasteiger partial charge is 0.138 e. The van der Waals surface area contributed by atoms with Crippen LogP contribution >= 0.6 is 0 Å². The van der Waals surface area contributed by atoms with Gasteiger partial charge in [-0.25, -0.2) is 9.50 Å². The number of hydrogen-bond donors (Lipinski definition) is 2. The molecule has 182 valence electrons. The highest BCUT2D eigenvalue weighted by atomic mass is 16.5. The van der Waals surface area contributed by atoms with Gasteiger partial charge in [-0.3, -0.25) is 4.98 Å². The summed E-state index contributed by atoms with van der Waals surface area (Å²) in [6.45, 7) is 5.09. The van der Waals surface area contributed by atoms with Gasteiger partial charge in [-0.05, 0) is 62.6 Å². The van der Waals surface area contributed by atoms with Gasteiger partial charge in [0.15, 0.2) is 0 Å². The van der Waals surface area contributed by atoms with Crippen LogP contribution in [0.3, 0.4) is 0 Å². The largest absolute Gasteiger partial charge is 0.489 e. The van der Waals surface area contributed by atoms with Gasteiger partial charge in [0, 0.05) is 49.2 Å². The van der Waals surface area contributed by atoms with Crippen LogP contribution in [0.5, 0.6) is 5.75 Å². The van der Waals surface area contributed by atoms with Gasteiger partial charge in [-0.2, -0.15) is 5.10 Å². The lowest BCUT2D eigenvalue weighted by Crippen LogP contribution is -2.46. The summed E-state index contributed by atoms with van der Waals surface area (Å²) in [6.07, 6.45) is 11.0. The number of hydrogen-bond acceptors (Lipinski definition) is 7.